The maximum atomic E-state index is 11.6. The highest BCUT2D eigenvalue weighted by atomic mass is 16.5. The maximum Gasteiger partial charge on any atom is 0.252 e. The van der Waals surface area contributed by atoms with Crippen LogP contribution in [0.1, 0.15) is 25.6 Å². The molecule has 0 unspecified atom stereocenters. The number of H-pyrrole nitrogens is 1. The Morgan fingerprint density at radius 1 is 1.53 bits per heavy atom. The van der Waals surface area contributed by atoms with Gasteiger partial charge in [-0.25, -0.2) is 4.98 Å². The molecular formula is C13H22N4O2. The SMILES string of the molecule is CCc1nc(N2CCC(OCCN)CC2)cc(=O)[nH]1. The lowest BCUT2D eigenvalue weighted by Gasteiger charge is -2.32. The molecule has 3 N–H and O–H groups in total. The van der Waals surface area contributed by atoms with E-state index in [9.17, 15) is 4.79 Å². The second-order valence-corrected chi connectivity index (χ2v) is 4.75. The van der Waals surface area contributed by atoms with Crippen molar-refractivity contribution < 1.29 is 4.74 Å². The Bertz CT molecular complexity index is 452. The van der Waals surface area contributed by atoms with Gasteiger partial charge in [0.2, 0.25) is 0 Å². The van der Waals surface area contributed by atoms with E-state index in [1.165, 1.54) is 0 Å². The zero-order valence-corrected chi connectivity index (χ0v) is 11.4. The number of aromatic nitrogens is 2. The van der Waals surface area contributed by atoms with Crippen molar-refractivity contribution >= 4 is 5.82 Å². The number of aromatic amines is 1. The highest BCUT2D eigenvalue weighted by Gasteiger charge is 2.20. The van der Waals surface area contributed by atoms with Crippen molar-refractivity contribution in [3.05, 3.63) is 22.2 Å². The molecule has 2 heterocycles. The van der Waals surface area contributed by atoms with Gasteiger partial charge in [0, 0.05) is 32.1 Å². The van der Waals surface area contributed by atoms with Gasteiger partial charge in [-0.05, 0) is 12.8 Å². The summed E-state index contributed by atoms with van der Waals surface area (Å²) in [6.45, 7) is 4.90. The van der Waals surface area contributed by atoms with Crippen LogP contribution in [0, 0.1) is 0 Å². The number of aryl methyl sites for hydroxylation is 1. The normalized spacial score (nSPS) is 16.8. The van der Waals surface area contributed by atoms with Crippen LogP contribution >= 0.6 is 0 Å². The van der Waals surface area contributed by atoms with Crippen LogP contribution in [-0.4, -0.2) is 42.3 Å². The van der Waals surface area contributed by atoms with Crippen molar-refractivity contribution in [2.45, 2.75) is 32.3 Å². The van der Waals surface area contributed by atoms with Gasteiger partial charge < -0.3 is 20.4 Å². The molecular weight excluding hydrogens is 244 g/mol. The fourth-order valence-corrected chi connectivity index (χ4v) is 2.31. The molecule has 0 atom stereocenters. The van der Waals surface area contributed by atoms with Gasteiger partial charge in [0.15, 0.2) is 0 Å². The van der Waals surface area contributed by atoms with E-state index in [0.29, 0.717) is 13.2 Å². The van der Waals surface area contributed by atoms with E-state index in [2.05, 4.69) is 14.9 Å². The number of nitrogens with zero attached hydrogens (tertiary/aromatic N) is 2. The molecule has 1 aliphatic heterocycles. The highest BCUT2D eigenvalue weighted by Crippen LogP contribution is 2.18. The zero-order chi connectivity index (χ0) is 13.7. The van der Waals surface area contributed by atoms with Gasteiger partial charge in [0.1, 0.15) is 11.6 Å². The Labute approximate surface area is 113 Å². The number of ether oxygens (including phenoxy) is 1. The second-order valence-electron chi connectivity index (χ2n) is 4.75. The third kappa shape index (κ3) is 3.78. The molecule has 1 aromatic heterocycles. The van der Waals surface area contributed by atoms with Gasteiger partial charge >= 0.3 is 0 Å². The first kappa shape index (κ1) is 14.0. The van der Waals surface area contributed by atoms with Crippen LogP contribution in [0.2, 0.25) is 0 Å². The number of nitrogens with two attached hydrogens (primary N) is 1. The molecule has 2 rings (SSSR count). The molecule has 0 bridgehead atoms. The molecule has 0 amide bonds. The fraction of sp³-hybridized carbons (Fsp3) is 0.692. The minimum atomic E-state index is -0.0802. The first-order valence-electron chi connectivity index (χ1n) is 6.89. The van der Waals surface area contributed by atoms with Crippen molar-refractivity contribution in [2.24, 2.45) is 5.73 Å². The van der Waals surface area contributed by atoms with Crippen LogP contribution in [0.4, 0.5) is 5.82 Å². The molecule has 0 spiro atoms. The first-order valence-corrected chi connectivity index (χ1v) is 6.89. The number of piperidine rings is 1. The van der Waals surface area contributed by atoms with Crippen molar-refractivity contribution in [1.29, 1.82) is 0 Å². The van der Waals surface area contributed by atoms with E-state index in [0.717, 1.165) is 44.0 Å². The van der Waals surface area contributed by atoms with Crippen LogP contribution < -0.4 is 16.2 Å². The van der Waals surface area contributed by atoms with Crippen LogP contribution in [0.5, 0.6) is 0 Å². The average Bonchev–Trinajstić information content (AvgIpc) is 2.45. The van der Waals surface area contributed by atoms with Crippen molar-refractivity contribution in [3.63, 3.8) is 0 Å². The van der Waals surface area contributed by atoms with Crippen LogP contribution in [0.25, 0.3) is 0 Å². The number of hydrogen-bond acceptors (Lipinski definition) is 5. The zero-order valence-electron chi connectivity index (χ0n) is 11.4. The molecule has 6 heteroatoms. The Morgan fingerprint density at radius 3 is 2.89 bits per heavy atom. The van der Waals surface area contributed by atoms with Crippen molar-refractivity contribution in [3.8, 4) is 0 Å². The summed E-state index contributed by atoms with van der Waals surface area (Å²) in [4.78, 5) is 20.9. The van der Waals surface area contributed by atoms with Crippen molar-refractivity contribution in [1.82, 2.24) is 9.97 Å². The summed E-state index contributed by atoms with van der Waals surface area (Å²) in [5.74, 6) is 1.52. The van der Waals surface area contributed by atoms with Gasteiger partial charge in [-0.3, -0.25) is 4.79 Å². The largest absolute Gasteiger partial charge is 0.377 e. The Morgan fingerprint density at radius 2 is 2.26 bits per heavy atom. The second kappa shape index (κ2) is 6.68. The maximum absolute atomic E-state index is 11.6. The first-order chi connectivity index (χ1) is 9.22. The Balaban J connectivity index is 1.97. The third-order valence-corrected chi connectivity index (χ3v) is 3.35. The molecule has 0 saturated carbocycles. The van der Waals surface area contributed by atoms with E-state index in [1.54, 1.807) is 6.07 Å². The molecule has 0 radical (unpaired) electrons. The summed E-state index contributed by atoms with van der Waals surface area (Å²) >= 11 is 0. The van der Waals surface area contributed by atoms with Crippen molar-refractivity contribution in [2.75, 3.05) is 31.1 Å². The van der Waals surface area contributed by atoms with Gasteiger partial charge in [-0.1, -0.05) is 6.92 Å². The van der Waals surface area contributed by atoms with E-state index in [-0.39, 0.29) is 11.7 Å². The number of anilines is 1. The molecule has 1 aromatic rings. The Hall–Kier alpha value is -1.40. The van der Waals surface area contributed by atoms with Crippen LogP contribution in [0.3, 0.4) is 0 Å². The molecule has 1 saturated heterocycles. The van der Waals surface area contributed by atoms with Gasteiger partial charge in [0.25, 0.3) is 5.56 Å². The van der Waals surface area contributed by atoms with E-state index >= 15 is 0 Å². The summed E-state index contributed by atoms with van der Waals surface area (Å²) in [7, 11) is 0. The predicted octanol–water partition coefficient (Wildman–Crippen LogP) is 0.276. The lowest BCUT2D eigenvalue weighted by Crippen LogP contribution is -2.38. The summed E-state index contributed by atoms with van der Waals surface area (Å²) in [6.07, 6.45) is 2.93. The summed E-state index contributed by atoms with van der Waals surface area (Å²) in [5.41, 5.74) is 5.35. The number of rotatable bonds is 5. The minimum Gasteiger partial charge on any atom is -0.377 e. The third-order valence-electron chi connectivity index (χ3n) is 3.35. The topological polar surface area (TPSA) is 84.2 Å². The number of nitrogens with one attached hydrogen (secondary N) is 1. The van der Waals surface area contributed by atoms with E-state index in [1.807, 2.05) is 6.92 Å². The summed E-state index contributed by atoms with van der Waals surface area (Å²) < 4.78 is 5.64. The number of hydrogen-bond donors (Lipinski definition) is 2. The molecule has 19 heavy (non-hydrogen) atoms. The van der Waals surface area contributed by atoms with Gasteiger partial charge in [-0.2, -0.15) is 0 Å². The minimum absolute atomic E-state index is 0.0802. The summed E-state index contributed by atoms with van der Waals surface area (Å²) in [6, 6.07) is 1.57. The van der Waals surface area contributed by atoms with E-state index < -0.39 is 0 Å². The molecule has 1 aliphatic rings. The smallest absolute Gasteiger partial charge is 0.252 e. The van der Waals surface area contributed by atoms with Crippen LogP contribution in [-0.2, 0) is 11.2 Å². The highest BCUT2D eigenvalue weighted by molar-refractivity contribution is 5.38. The lowest BCUT2D eigenvalue weighted by atomic mass is 10.1. The van der Waals surface area contributed by atoms with Gasteiger partial charge in [-0.15, -0.1) is 0 Å². The molecule has 0 aliphatic carbocycles. The fourth-order valence-electron chi connectivity index (χ4n) is 2.31. The quantitative estimate of drug-likeness (QED) is 0.799. The predicted molar refractivity (Wildman–Crippen MR) is 74.5 cm³/mol. The Kier molecular flexibility index (Phi) is 4.93. The van der Waals surface area contributed by atoms with Gasteiger partial charge in [0.05, 0.1) is 12.7 Å². The van der Waals surface area contributed by atoms with Crippen LogP contribution in [0.15, 0.2) is 10.9 Å². The molecule has 1 fully saturated rings. The average molecular weight is 266 g/mol. The monoisotopic (exact) mass is 266 g/mol. The summed E-state index contributed by atoms with van der Waals surface area (Å²) in [5, 5.41) is 0. The molecule has 0 aromatic carbocycles. The van der Waals surface area contributed by atoms with E-state index in [4.69, 9.17) is 10.5 Å². The standard InChI is InChI=1S/C13H22N4O2/c1-2-11-15-12(9-13(18)16-11)17-6-3-10(4-7-17)19-8-5-14/h9-10H,2-8,14H2,1H3,(H,15,16,18). The molecule has 6 nitrogen and oxygen atoms in total. The lowest BCUT2D eigenvalue weighted by molar-refractivity contribution is 0.0421. The molecule has 106 valence electrons.